The van der Waals surface area contributed by atoms with E-state index >= 15 is 0 Å². The van der Waals surface area contributed by atoms with Crippen LogP contribution in [0, 0.1) is 0 Å². The summed E-state index contributed by atoms with van der Waals surface area (Å²) < 4.78 is 0. The van der Waals surface area contributed by atoms with E-state index in [4.69, 9.17) is 0 Å². The number of carbonyl (C=O) groups is 1. The Kier molecular flexibility index (Phi) is 3.14. The van der Waals surface area contributed by atoms with Crippen LogP contribution in [-0.4, -0.2) is 43.9 Å². The van der Waals surface area contributed by atoms with Crippen molar-refractivity contribution in [1.29, 1.82) is 0 Å². The average molecular weight is 295 g/mol. The molecule has 4 rings (SSSR count). The van der Waals surface area contributed by atoms with Crippen LogP contribution >= 0.6 is 0 Å². The van der Waals surface area contributed by atoms with Crippen molar-refractivity contribution in [3.8, 4) is 0 Å². The molecule has 22 heavy (non-hydrogen) atoms. The summed E-state index contributed by atoms with van der Waals surface area (Å²) in [6.07, 6.45) is 6.63. The summed E-state index contributed by atoms with van der Waals surface area (Å²) in [4.78, 5) is 19.4. The smallest absolute Gasteiger partial charge is 0.227 e. The Hall–Kier alpha value is -2.63. The molecule has 0 radical (unpaired) electrons. The molecule has 1 atom stereocenters. The van der Waals surface area contributed by atoms with Crippen LogP contribution in [0.4, 0.5) is 0 Å². The van der Waals surface area contributed by atoms with Gasteiger partial charge in [-0.1, -0.05) is 18.2 Å². The molecule has 1 aromatic carbocycles. The van der Waals surface area contributed by atoms with E-state index in [2.05, 4.69) is 21.2 Å². The second-order valence-electron chi connectivity index (χ2n) is 5.67. The molecule has 3 aromatic rings. The van der Waals surface area contributed by atoms with Crippen LogP contribution in [0.3, 0.4) is 0 Å². The second-order valence-corrected chi connectivity index (χ2v) is 5.67. The molecule has 2 aromatic heterocycles. The van der Waals surface area contributed by atoms with Gasteiger partial charge in [0.05, 0.1) is 24.9 Å². The third-order valence-corrected chi connectivity index (χ3v) is 4.30. The standard InChI is InChI=1S/C16H17N5O/c22-16(9-12-10-17-15-4-2-1-3-14(12)15)20-8-5-13(11-20)21-18-6-7-19-21/h1-4,6-7,10,13,17H,5,8-9,11H2/t13-/m0/s1. The van der Waals surface area contributed by atoms with Crippen LogP contribution < -0.4 is 0 Å². The minimum Gasteiger partial charge on any atom is -0.361 e. The highest BCUT2D eigenvalue weighted by Gasteiger charge is 2.28. The van der Waals surface area contributed by atoms with Gasteiger partial charge in [0.25, 0.3) is 0 Å². The van der Waals surface area contributed by atoms with Crippen molar-refractivity contribution in [1.82, 2.24) is 24.9 Å². The molecule has 0 spiro atoms. The molecule has 0 saturated carbocycles. The van der Waals surface area contributed by atoms with Crippen molar-refractivity contribution in [2.45, 2.75) is 18.9 Å². The number of carbonyl (C=O) groups excluding carboxylic acids is 1. The number of fused-ring (bicyclic) bond motifs is 1. The lowest BCUT2D eigenvalue weighted by atomic mass is 10.1. The molecule has 0 unspecified atom stereocenters. The summed E-state index contributed by atoms with van der Waals surface area (Å²) in [5.41, 5.74) is 2.13. The Labute approximate surface area is 127 Å². The van der Waals surface area contributed by atoms with E-state index in [1.165, 1.54) is 0 Å². The SMILES string of the molecule is O=C(Cc1c[nH]c2ccccc12)N1CC[C@H](n2nccn2)C1. The summed E-state index contributed by atoms with van der Waals surface area (Å²) in [7, 11) is 0. The number of aromatic nitrogens is 4. The zero-order valence-corrected chi connectivity index (χ0v) is 12.1. The number of hydrogen-bond donors (Lipinski definition) is 1. The van der Waals surface area contributed by atoms with E-state index in [-0.39, 0.29) is 11.9 Å². The Morgan fingerprint density at radius 3 is 2.95 bits per heavy atom. The van der Waals surface area contributed by atoms with Crippen molar-refractivity contribution in [2.75, 3.05) is 13.1 Å². The van der Waals surface area contributed by atoms with Crippen LogP contribution in [0.5, 0.6) is 0 Å². The summed E-state index contributed by atoms with van der Waals surface area (Å²) in [6, 6.07) is 8.27. The topological polar surface area (TPSA) is 66.8 Å². The van der Waals surface area contributed by atoms with Gasteiger partial charge in [-0.05, 0) is 18.1 Å². The third-order valence-electron chi connectivity index (χ3n) is 4.30. The average Bonchev–Trinajstić information content (AvgIpc) is 3.28. The highest BCUT2D eigenvalue weighted by atomic mass is 16.2. The van der Waals surface area contributed by atoms with Gasteiger partial charge in [0.1, 0.15) is 0 Å². The van der Waals surface area contributed by atoms with E-state index in [9.17, 15) is 4.79 Å². The largest absolute Gasteiger partial charge is 0.361 e. The van der Waals surface area contributed by atoms with Crippen LogP contribution in [0.2, 0.25) is 0 Å². The Balaban J connectivity index is 1.47. The summed E-state index contributed by atoms with van der Waals surface area (Å²) in [5, 5.41) is 9.47. The second kappa shape index (κ2) is 5.29. The molecule has 0 bridgehead atoms. The van der Waals surface area contributed by atoms with E-state index in [0.29, 0.717) is 13.0 Å². The maximum Gasteiger partial charge on any atom is 0.227 e. The van der Waals surface area contributed by atoms with E-state index < -0.39 is 0 Å². The Bertz CT molecular complexity index is 792. The molecule has 112 valence electrons. The van der Waals surface area contributed by atoms with Gasteiger partial charge in [0.2, 0.25) is 5.91 Å². The predicted molar refractivity (Wildman–Crippen MR) is 82.3 cm³/mol. The van der Waals surface area contributed by atoms with E-state index in [1.54, 1.807) is 17.2 Å². The zero-order valence-electron chi connectivity index (χ0n) is 12.1. The fraction of sp³-hybridized carbons (Fsp3) is 0.312. The first-order valence-electron chi connectivity index (χ1n) is 7.50. The Morgan fingerprint density at radius 2 is 2.09 bits per heavy atom. The highest BCUT2D eigenvalue weighted by molar-refractivity contribution is 5.88. The van der Waals surface area contributed by atoms with Gasteiger partial charge in [0, 0.05) is 30.2 Å². The number of para-hydroxylation sites is 1. The van der Waals surface area contributed by atoms with E-state index in [1.807, 2.05) is 29.3 Å². The monoisotopic (exact) mass is 295 g/mol. The van der Waals surface area contributed by atoms with Crippen LogP contribution in [0.15, 0.2) is 42.9 Å². The van der Waals surface area contributed by atoms with Crippen molar-refractivity contribution in [3.63, 3.8) is 0 Å². The predicted octanol–water partition coefficient (Wildman–Crippen LogP) is 1.78. The fourth-order valence-corrected chi connectivity index (χ4v) is 3.12. The minimum absolute atomic E-state index is 0.166. The lowest BCUT2D eigenvalue weighted by molar-refractivity contribution is -0.129. The summed E-state index contributed by atoms with van der Waals surface area (Å²) in [6.45, 7) is 1.46. The molecule has 1 aliphatic heterocycles. The maximum absolute atomic E-state index is 12.5. The molecule has 6 nitrogen and oxygen atoms in total. The van der Waals surface area contributed by atoms with Gasteiger partial charge >= 0.3 is 0 Å². The van der Waals surface area contributed by atoms with Crippen LogP contribution in [0.25, 0.3) is 10.9 Å². The molecule has 3 heterocycles. The number of likely N-dealkylation sites (tertiary alicyclic amines) is 1. The van der Waals surface area contributed by atoms with Gasteiger partial charge in [0.15, 0.2) is 0 Å². The molecule has 0 aliphatic carbocycles. The van der Waals surface area contributed by atoms with Crippen LogP contribution in [-0.2, 0) is 11.2 Å². The van der Waals surface area contributed by atoms with Gasteiger partial charge in [-0.15, -0.1) is 0 Å². The minimum atomic E-state index is 0.166. The van der Waals surface area contributed by atoms with Crippen LogP contribution in [0.1, 0.15) is 18.0 Å². The van der Waals surface area contributed by atoms with Gasteiger partial charge in [-0.2, -0.15) is 15.0 Å². The zero-order chi connectivity index (χ0) is 14.9. The van der Waals surface area contributed by atoms with Crippen molar-refractivity contribution in [2.24, 2.45) is 0 Å². The number of aromatic amines is 1. The maximum atomic E-state index is 12.5. The number of rotatable bonds is 3. The molecule has 1 aliphatic rings. The van der Waals surface area contributed by atoms with E-state index in [0.717, 1.165) is 29.4 Å². The van der Waals surface area contributed by atoms with Crippen molar-refractivity contribution in [3.05, 3.63) is 48.4 Å². The quantitative estimate of drug-likeness (QED) is 0.801. The normalized spacial score (nSPS) is 18.2. The molecule has 1 fully saturated rings. The van der Waals surface area contributed by atoms with Gasteiger partial charge in [-0.3, -0.25) is 4.79 Å². The van der Waals surface area contributed by atoms with Gasteiger partial charge < -0.3 is 9.88 Å². The summed E-state index contributed by atoms with van der Waals surface area (Å²) >= 11 is 0. The number of H-pyrrole nitrogens is 1. The van der Waals surface area contributed by atoms with Crippen molar-refractivity contribution < 1.29 is 4.79 Å². The Morgan fingerprint density at radius 1 is 1.27 bits per heavy atom. The van der Waals surface area contributed by atoms with Crippen molar-refractivity contribution >= 4 is 16.8 Å². The molecular formula is C16H17N5O. The number of hydrogen-bond acceptors (Lipinski definition) is 3. The number of benzene rings is 1. The lowest BCUT2D eigenvalue weighted by Gasteiger charge is -2.16. The lowest BCUT2D eigenvalue weighted by Crippen LogP contribution is -2.30. The number of nitrogens with one attached hydrogen (secondary N) is 1. The molecular weight excluding hydrogens is 278 g/mol. The number of amides is 1. The third kappa shape index (κ3) is 2.26. The molecule has 1 saturated heterocycles. The molecule has 1 amide bonds. The first kappa shape index (κ1) is 13.1. The first-order valence-corrected chi connectivity index (χ1v) is 7.50. The van der Waals surface area contributed by atoms with Gasteiger partial charge in [-0.25, -0.2) is 0 Å². The first-order chi connectivity index (χ1) is 10.8. The number of nitrogens with zero attached hydrogens (tertiary/aromatic N) is 4. The fourth-order valence-electron chi connectivity index (χ4n) is 3.12. The molecule has 6 heteroatoms. The summed E-state index contributed by atoms with van der Waals surface area (Å²) in [5.74, 6) is 0.166. The highest BCUT2D eigenvalue weighted by Crippen LogP contribution is 2.23. The molecule has 1 N–H and O–H groups in total.